The average Bonchev–Trinajstić information content (AvgIpc) is 2.96. The molecule has 0 bridgehead atoms. The van der Waals surface area contributed by atoms with Gasteiger partial charge in [0, 0.05) is 22.0 Å². The maximum Gasteiger partial charge on any atom is 0.163 e. The molecule has 0 saturated heterocycles. The summed E-state index contributed by atoms with van der Waals surface area (Å²) in [6, 6.07) is 19.6. The van der Waals surface area contributed by atoms with Crippen molar-refractivity contribution < 1.29 is 0 Å². The lowest BCUT2D eigenvalue weighted by Crippen LogP contribution is -1.98. The number of aromatic amines is 1. The van der Waals surface area contributed by atoms with Gasteiger partial charge in [-0.1, -0.05) is 41.9 Å². The van der Waals surface area contributed by atoms with Crippen molar-refractivity contribution in [3.05, 3.63) is 71.4 Å². The molecule has 2 aromatic heterocycles. The van der Waals surface area contributed by atoms with E-state index >= 15 is 0 Å². The van der Waals surface area contributed by atoms with Crippen LogP contribution in [0.1, 0.15) is 5.69 Å². The quantitative estimate of drug-likeness (QED) is 0.532. The SMILES string of the molecule is Cc1cc2c(Nc3ccccc3)nc(-c3cccc(Cl)c3)nc2[nH]1. The fourth-order valence-corrected chi connectivity index (χ4v) is 2.84. The first-order chi connectivity index (χ1) is 11.7. The van der Waals surface area contributed by atoms with Crippen molar-refractivity contribution in [2.45, 2.75) is 6.92 Å². The van der Waals surface area contributed by atoms with E-state index in [-0.39, 0.29) is 0 Å². The van der Waals surface area contributed by atoms with E-state index in [1.807, 2.05) is 67.6 Å². The van der Waals surface area contributed by atoms with Crippen LogP contribution in [0.2, 0.25) is 5.02 Å². The molecule has 0 aliphatic carbocycles. The van der Waals surface area contributed by atoms with E-state index < -0.39 is 0 Å². The summed E-state index contributed by atoms with van der Waals surface area (Å²) in [7, 11) is 0. The maximum absolute atomic E-state index is 6.11. The molecule has 0 saturated carbocycles. The Morgan fingerprint density at radius 1 is 0.958 bits per heavy atom. The molecule has 2 aromatic carbocycles. The molecule has 2 heterocycles. The molecule has 4 aromatic rings. The fraction of sp³-hybridized carbons (Fsp3) is 0.0526. The number of aromatic nitrogens is 3. The van der Waals surface area contributed by atoms with Gasteiger partial charge in [-0.25, -0.2) is 9.97 Å². The van der Waals surface area contributed by atoms with Crippen molar-refractivity contribution in [3.63, 3.8) is 0 Å². The Bertz CT molecular complexity index is 1010. The summed E-state index contributed by atoms with van der Waals surface area (Å²) in [6.07, 6.45) is 0. The van der Waals surface area contributed by atoms with Crippen LogP contribution in [-0.4, -0.2) is 15.0 Å². The Kier molecular flexibility index (Phi) is 3.67. The smallest absolute Gasteiger partial charge is 0.163 e. The third kappa shape index (κ3) is 2.84. The molecule has 0 amide bonds. The van der Waals surface area contributed by atoms with Crippen LogP contribution in [0.5, 0.6) is 0 Å². The van der Waals surface area contributed by atoms with Crippen molar-refractivity contribution in [1.82, 2.24) is 15.0 Å². The number of para-hydroxylation sites is 1. The van der Waals surface area contributed by atoms with Crippen molar-refractivity contribution >= 4 is 34.1 Å². The third-order valence-corrected chi connectivity index (χ3v) is 3.98. The lowest BCUT2D eigenvalue weighted by atomic mass is 10.2. The van der Waals surface area contributed by atoms with Gasteiger partial charge >= 0.3 is 0 Å². The molecule has 0 fully saturated rings. The van der Waals surface area contributed by atoms with E-state index in [4.69, 9.17) is 16.6 Å². The zero-order valence-corrected chi connectivity index (χ0v) is 13.8. The minimum atomic E-state index is 0.630. The topological polar surface area (TPSA) is 53.6 Å². The number of fused-ring (bicyclic) bond motifs is 1. The van der Waals surface area contributed by atoms with Gasteiger partial charge in [-0.15, -0.1) is 0 Å². The molecule has 0 spiro atoms. The second-order valence-corrected chi connectivity index (χ2v) is 6.05. The highest BCUT2D eigenvalue weighted by Crippen LogP contribution is 2.28. The number of benzene rings is 2. The maximum atomic E-state index is 6.11. The van der Waals surface area contributed by atoms with Crippen LogP contribution >= 0.6 is 11.6 Å². The summed E-state index contributed by atoms with van der Waals surface area (Å²) < 4.78 is 0. The van der Waals surface area contributed by atoms with E-state index in [0.717, 1.165) is 33.8 Å². The predicted octanol–water partition coefficient (Wildman–Crippen LogP) is 5.33. The molecule has 0 radical (unpaired) electrons. The fourth-order valence-electron chi connectivity index (χ4n) is 2.65. The summed E-state index contributed by atoms with van der Waals surface area (Å²) in [5, 5.41) is 5.00. The van der Waals surface area contributed by atoms with Crippen LogP contribution in [-0.2, 0) is 0 Å². The highest BCUT2D eigenvalue weighted by atomic mass is 35.5. The zero-order chi connectivity index (χ0) is 16.5. The molecule has 4 rings (SSSR count). The minimum Gasteiger partial charge on any atom is -0.343 e. The van der Waals surface area contributed by atoms with Crippen molar-refractivity contribution in [1.29, 1.82) is 0 Å². The number of nitrogens with one attached hydrogen (secondary N) is 2. The highest BCUT2D eigenvalue weighted by molar-refractivity contribution is 6.30. The predicted molar refractivity (Wildman–Crippen MR) is 98.8 cm³/mol. The first-order valence-electron chi connectivity index (χ1n) is 7.64. The number of halogens is 1. The van der Waals surface area contributed by atoms with Crippen LogP contribution < -0.4 is 5.32 Å². The monoisotopic (exact) mass is 334 g/mol. The number of nitrogens with zero attached hydrogens (tertiary/aromatic N) is 2. The van der Waals surface area contributed by atoms with Crippen LogP contribution in [0.25, 0.3) is 22.4 Å². The van der Waals surface area contributed by atoms with Gasteiger partial charge in [0.2, 0.25) is 0 Å². The van der Waals surface area contributed by atoms with E-state index in [1.54, 1.807) is 0 Å². The van der Waals surface area contributed by atoms with Gasteiger partial charge in [0.15, 0.2) is 5.82 Å². The lowest BCUT2D eigenvalue weighted by Gasteiger charge is -2.09. The zero-order valence-electron chi connectivity index (χ0n) is 13.0. The van der Waals surface area contributed by atoms with Crippen molar-refractivity contribution in [2.24, 2.45) is 0 Å². The standard InChI is InChI=1S/C19H15ClN4/c1-12-10-16-18(21-12)23-17(13-6-5-7-14(20)11-13)24-19(16)22-15-8-3-2-4-9-15/h2-11H,1H3,(H2,21,22,23,24). The van der Waals surface area contributed by atoms with Crippen molar-refractivity contribution in [3.8, 4) is 11.4 Å². The van der Waals surface area contributed by atoms with E-state index in [1.165, 1.54) is 0 Å². The van der Waals surface area contributed by atoms with Crippen LogP contribution in [0.15, 0.2) is 60.7 Å². The van der Waals surface area contributed by atoms with Gasteiger partial charge in [-0.05, 0) is 37.3 Å². The molecule has 0 aliphatic heterocycles. The number of H-pyrrole nitrogens is 1. The molecule has 4 nitrogen and oxygen atoms in total. The second-order valence-electron chi connectivity index (χ2n) is 5.61. The van der Waals surface area contributed by atoms with Gasteiger partial charge in [-0.3, -0.25) is 0 Å². The summed E-state index contributed by atoms with van der Waals surface area (Å²) in [5.74, 6) is 1.40. The number of aryl methyl sites for hydroxylation is 1. The van der Waals surface area contributed by atoms with Gasteiger partial charge in [-0.2, -0.15) is 0 Å². The Morgan fingerprint density at radius 2 is 1.79 bits per heavy atom. The molecule has 0 unspecified atom stereocenters. The second kappa shape index (κ2) is 5.98. The molecule has 118 valence electrons. The molecule has 0 atom stereocenters. The first-order valence-corrected chi connectivity index (χ1v) is 8.02. The normalized spacial score (nSPS) is 10.9. The molecule has 5 heteroatoms. The van der Waals surface area contributed by atoms with Gasteiger partial charge in [0.05, 0.1) is 5.39 Å². The van der Waals surface area contributed by atoms with Gasteiger partial charge in [0.25, 0.3) is 0 Å². The number of hydrogen-bond donors (Lipinski definition) is 2. The van der Waals surface area contributed by atoms with Crippen LogP contribution in [0.4, 0.5) is 11.5 Å². The van der Waals surface area contributed by atoms with Gasteiger partial charge in [0.1, 0.15) is 11.5 Å². The average molecular weight is 335 g/mol. The van der Waals surface area contributed by atoms with Crippen LogP contribution in [0, 0.1) is 6.92 Å². The first kappa shape index (κ1) is 14.7. The highest BCUT2D eigenvalue weighted by Gasteiger charge is 2.12. The number of anilines is 2. The Hall–Kier alpha value is -2.85. The van der Waals surface area contributed by atoms with Gasteiger partial charge < -0.3 is 10.3 Å². The van der Waals surface area contributed by atoms with E-state index in [9.17, 15) is 0 Å². The lowest BCUT2D eigenvalue weighted by molar-refractivity contribution is 1.19. The summed E-state index contributed by atoms with van der Waals surface area (Å²) >= 11 is 6.11. The minimum absolute atomic E-state index is 0.630. The third-order valence-electron chi connectivity index (χ3n) is 3.74. The largest absolute Gasteiger partial charge is 0.343 e. The Balaban J connectivity index is 1.87. The van der Waals surface area contributed by atoms with E-state index in [2.05, 4.69) is 15.3 Å². The number of rotatable bonds is 3. The number of hydrogen-bond acceptors (Lipinski definition) is 3. The summed E-state index contributed by atoms with van der Waals surface area (Å²) in [5.41, 5.74) is 3.70. The van der Waals surface area contributed by atoms with Crippen LogP contribution in [0.3, 0.4) is 0 Å². The molecule has 0 aliphatic rings. The Labute approximate surface area is 144 Å². The van der Waals surface area contributed by atoms with E-state index in [0.29, 0.717) is 10.8 Å². The molecule has 24 heavy (non-hydrogen) atoms. The van der Waals surface area contributed by atoms with Crippen molar-refractivity contribution in [2.75, 3.05) is 5.32 Å². The molecular weight excluding hydrogens is 320 g/mol. The summed E-state index contributed by atoms with van der Waals surface area (Å²) in [4.78, 5) is 12.6. The summed E-state index contributed by atoms with van der Waals surface area (Å²) in [6.45, 7) is 2.01. The molecule has 2 N–H and O–H groups in total. The Morgan fingerprint density at radius 3 is 2.58 bits per heavy atom. The molecular formula is C19H15ClN4.